The van der Waals surface area contributed by atoms with E-state index >= 15 is 0 Å². The van der Waals surface area contributed by atoms with E-state index in [1.165, 1.54) is 16.7 Å². The summed E-state index contributed by atoms with van der Waals surface area (Å²) in [6.07, 6.45) is 5.26. The molecule has 0 heterocycles. The Morgan fingerprint density at radius 2 is 1.32 bits per heavy atom. The predicted molar refractivity (Wildman–Crippen MR) is 137 cm³/mol. The minimum absolute atomic E-state index is 0.00415. The molecular formula is C31H28O3. The highest BCUT2D eigenvalue weighted by molar-refractivity contribution is 5.76. The van der Waals surface area contributed by atoms with Gasteiger partial charge >= 0.3 is 0 Å². The molecule has 5 rings (SSSR count). The maximum Gasteiger partial charge on any atom is 0.118 e. The molecule has 3 nitrogen and oxygen atoms in total. The number of aliphatic hydroxyl groups is 1. The fourth-order valence-electron chi connectivity index (χ4n) is 5.06. The van der Waals surface area contributed by atoms with Gasteiger partial charge in [-0.1, -0.05) is 78.9 Å². The molecule has 4 aromatic rings. The zero-order chi connectivity index (χ0) is 23.5. The molecule has 0 radical (unpaired) electrons. The number of hydrogen-bond donors (Lipinski definition) is 1. The molecule has 3 heteroatoms. The fraction of sp³-hybridized carbons (Fsp3) is 0.161. The van der Waals surface area contributed by atoms with Crippen molar-refractivity contribution in [2.45, 2.75) is 18.4 Å². The summed E-state index contributed by atoms with van der Waals surface area (Å²) in [6.45, 7) is -0.00415. The lowest BCUT2D eigenvalue weighted by Gasteiger charge is -2.36. The molecule has 0 aromatic heterocycles. The molecule has 1 N–H and O–H groups in total. The van der Waals surface area contributed by atoms with E-state index in [1.54, 1.807) is 14.2 Å². The lowest BCUT2D eigenvalue weighted by Crippen LogP contribution is -2.30. The van der Waals surface area contributed by atoms with Crippen molar-refractivity contribution in [3.8, 4) is 22.6 Å². The van der Waals surface area contributed by atoms with Crippen molar-refractivity contribution in [2.24, 2.45) is 0 Å². The van der Waals surface area contributed by atoms with E-state index in [4.69, 9.17) is 9.47 Å². The largest absolute Gasteiger partial charge is 0.497 e. The first-order chi connectivity index (χ1) is 16.7. The second-order valence-corrected chi connectivity index (χ2v) is 8.63. The zero-order valence-electron chi connectivity index (χ0n) is 19.5. The molecule has 0 atom stereocenters. The van der Waals surface area contributed by atoms with Crippen LogP contribution in [0.3, 0.4) is 0 Å². The zero-order valence-corrected chi connectivity index (χ0v) is 19.5. The third-order valence-corrected chi connectivity index (χ3v) is 6.90. The van der Waals surface area contributed by atoms with Crippen LogP contribution in [0.5, 0.6) is 11.5 Å². The Hall–Kier alpha value is -3.82. The van der Waals surface area contributed by atoms with Crippen LogP contribution in [0.4, 0.5) is 0 Å². The number of benzene rings is 4. The molecule has 1 aliphatic rings. The van der Waals surface area contributed by atoms with Crippen LogP contribution in [0.2, 0.25) is 0 Å². The van der Waals surface area contributed by atoms with Crippen LogP contribution >= 0.6 is 0 Å². The molecule has 4 aromatic carbocycles. The molecule has 0 bridgehead atoms. The second-order valence-electron chi connectivity index (χ2n) is 8.63. The minimum atomic E-state index is -0.341. The van der Waals surface area contributed by atoms with E-state index in [0.29, 0.717) is 0 Å². The van der Waals surface area contributed by atoms with Gasteiger partial charge in [0.15, 0.2) is 0 Å². The predicted octanol–water partition coefficient (Wildman–Crippen LogP) is 6.42. The Bertz CT molecular complexity index is 1260. The maximum absolute atomic E-state index is 10.4. The van der Waals surface area contributed by atoms with Gasteiger partial charge in [0.25, 0.3) is 0 Å². The molecule has 0 unspecified atom stereocenters. The summed E-state index contributed by atoms with van der Waals surface area (Å²) >= 11 is 0. The Kier molecular flexibility index (Phi) is 5.95. The van der Waals surface area contributed by atoms with Gasteiger partial charge in [0, 0.05) is 5.41 Å². The lowest BCUT2D eigenvalue weighted by atomic mass is 9.66. The molecule has 0 fully saturated rings. The second kappa shape index (κ2) is 9.20. The van der Waals surface area contributed by atoms with E-state index in [9.17, 15) is 5.11 Å². The Labute approximate surface area is 200 Å². The van der Waals surface area contributed by atoms with E-state index in [0.717, 1.165) is 40.2 Å². The summed E-state index contributed by atoms with van der Waals surface area (Å²) in [5, 5.41) is 10.4. The summed E-state index contributed by atoms with van der Waals surface area (Å²) in [7, 11) is 3.37. The van der Waals surface area contributed by atoms with Gasteiger partial charge in [0.1, 0.15) is 11.5 Å². The Balaban J connectivity index is 1.66. The van der Waals surface area contributed by atoms with Crippen LogP contribution in [0.15, 0.2) is 97.1 Å². The van der Waals surface area contributed by atoms with Crippen LogP contribution < -0.4 is 9.47 Å². The van der Waals surface area contributed by atoms with Gasteiger partial charge < -0.3 is 14.6 Å². The van der Waals surface area contributed by atoms with E-state index in [2.05, 4.69) is 60.7 Å². The minimum Gasteiger partial charge on any atom is -0.497 e. The topological polar surface area (TPSA) is 38.7 Å². The summed E-state index contributed by atoms with van der Waals surface area (Å²) in [5.41, 5.74) is 7.54. The van der Waals surface area contributed by atoms with Crippen molar-refractivity contribution in [1.82, 2.24) is 0 Å². The van der Waals surface area contributed by atoms with Crippen LogP contribution in [0, 0.1) is 0 Å². The summed E-state index contributed by atoms with van der Waals surface area (Å²) in [5.74, 6) is 1.67. The Morgan fingerprint density at radius 3 is 1.85 bits per heavy atom. The average Bonchev–Trinajstić information content (AvgIpc) is 2.92. The highest BCUT2D eigenvalue weighted by atomic mass is 16.5. The van der Waals surface area contributed by atoms with Gasteiger partial charge in [0.05, 0.1) is 20.8 Å². The first-order valence-corrected chi connectivity index (χ1v) is 11.5. The number of rotatable bonds is 6. The lowest BCUT2D eigenvalue weighted by molar-refractivity contribution is 0.282. The van der Waals surface area contributed by atoms with E-state index in [-0.39, 0.29) is 12.0 Å². The highest BCUT2D eigenvalue weighted by Crippen LogP contribution is 2.44. The number of hydrogen-bond acceptors (Lipinski definition) is 3. The Morgan fingerprint density at radius 1 is 0.735 bits per heavy atom. The van der Waals surface area contributed by atoms with Gasteiger partial charge in [-0.2, -0.15) is 0 Å². The van der Waals surface area contributed by atoms with Gasteiger partial charge in [0.2, 0.25) is 0 Å². The summed E-state index contributed by atoms with van der Waals surface area (Å²) < 4.78 is 10.8. The van der Waals surface area contributed by atoms with Gasteiger partial charge in [-0.15, -0.1) is 0 Å². The molecule has 1 aliphatic carbocycles. The molecule has 170 valence electrons. The number of methoxy groups -OCH3 is 2. The van der Waals surface area contributed by atoms with Crippen molar-refractivity contribution in [3.63, 3.8) is 0 Å². The third-order valence-electron chi connectivity index (χ3n) is 6.90. The normalized spacial score (nSPS) is 13.9. The molecule has 0 spiro atoms. The van der Waals surface area contributed by atoms with Crippen LogP contribution in [0.1, 0.15) is 27.8 Å². The van der Waals surface area contributed by atoms with Gasteiger partial charge in [-0.25, -0.2) is 0 Å². The number of fused-ring (bicyclic) bond motifs is 1. The number of ether oxygens (including phenoxy) is 2. The van der Waals surface area contributed by atoms with Crippen molar-refractivity contribution in [2.75, 3.05) is 14.2 Å². The van der Waals surface area contributed by atoms with E-state index < -0.39 is 0 Å². The monoisotopic (exact) mass is 448 g/mol. The van der Waals surface area contributed by atoms with Crippen molar-refractivity contribution in [1.29, 1.82) is 0 Å². The molecule has 0 saturated carbocycles. The first kappa shape index (κ1) is 22.0. The van der Waals surface area contributed by atoms with Gasteiger partial charge in [-0.3, -0.25) is 0 Å². The summed E-state index contributed by atoms with van der Waals surface area (Å²) in [6, 6.07) is 31.2. The number of aliphatic hydroxyl groups excluding tert-OH is 1. The molecule has 0 saturated heterocycles. The average molecular weight is 449 g/mol. The van der Waals surface area contributed by atoms with Crippen molar-refractivity contribution in [3.05, 3.63) is 125 Å². The highest BCUT2D eigenvalue weighted by Gasteiger charge is 2.35. The quantitative estimate of drug-likeness (QED) is 0.370. The standard InChI is InChI=1S/C31H28O3/c1-33-26-13-9-24(10-14-26)31(25-11-15-27(34-2)16-12-25)19-18-29-23(20-31)8-17-28(30(29)21-32)22-6-4-3-5-7-22/h3-19,32H,20-21H2,1-2H3. The molecular weight excluding hydrogens is 420 g/mol. The molecule has 34 heavy (non-hydrogen) atoms. The molecule has 0 amide bonds. The van der Waals surface area contributed by atoms with Crippen LogP contribution in [0.25, 0.3) is 17.2 Å². The van der Waals surface area contributed by atoms with Crippen LogP contribution in [-0.2, 0) is 18.4 Å². The summed E-state index contributed by atoms with van der Waals surface area (Å²) in [4.78, 5) is 0. The van der Waals surface area contributed by atoms with Gasteiger partial charge in [-0.05, 0) is 69.6 Å². The van der Waals surface area contributed by atoms with Crippen molar-refractivity contribution >= 4 is 6.08 Å². The maximum atomic E-state index is 10.4. The first-order valence-electron chi connectivity index (χ1n) is 11.5. The SMILES string of the molecule is COc1ccc(C2(c3ccc(OC)cc3)C=Cc3c(ccc(-c4ccccc4)c3CO)C2)cc1. The smallest absolute Gasteiger partial charge is 0.118 e. The number of allylic oxidation sites excluding steroid dienone is 1. The van der Waals surface area contributed by atoms with Crippen LogP contribution in [-0.4, -0.2) is 19.3 Å². The molecule has 0 aliphatic heterocycles. The van der Waals surface area contributed by atoms with Crippen molar-refractivity contribution < 1.29 is 14.6 Å². The third kappa shape index (κ3) is 3.78. The van der Waals surface area contributed by atoms with E-state index in [1.807, 2.05) is 42.5 Å². The fourth-order valence-corrected chi connectivity index (χ4v) is 5.06.